The zero-order chi connectivity index (χ0) is 18.6. The lowest BCUT2D eigenvalue weighted by Gasteiger charge is -2.12. The number of rotatable bonds is 6. The third-order valence-electron chi connectivity index (χ3n) is 3.53. The highest BCUT2D eigenvalue weighted by Gasteiger charge is 2.17. The second kappa shape index (κ2) is 7.84. The number of halogens is 2. The first-order chi connectivity index (χ1) is 11.7. The maximum absolute atomic E-state index is 12.9. The summed E-state index contributed by atoms with van der Waals surface area (Å²) in [6.45, 7) is 1.77. The standard InChI is InChI=1S/C17H17ClFNO4S/c1-11-9-15(16(24-2)10-14(11)18)20-17(21)7-8-25(22,23)13-5-3-12(19)4-6-13/h3-6,9-10H,7-8H2,1-2H3,(H,20,21). The van der Waals surface area contributed by atoms with Crippen molar-refractivity contribution < 1.29 is 22.3 Å². The Morgan fingerprint density at radius 3 is 2.48 bits per heavy atom. The van der Waals surface area contributed by atoms with Gasteiger partial charge < -0.3 is 10.1 Å². The first kappa shape index (κ1) is 19.2. The first-order valence-corrected chi connectivity index (χ1v) is 9.38. The molecule has 0 atom stereocenters. The van der Waals surface area contributed by atoms with Crippen LogP contribution in [-0.2, 0) is 14.6 Å². The highest BCUT2D eigenvalue weighted by Crippen LogP contribution is 2.31. The minimum atomic E-state index is -3.67. The Labute approximate surface area is 150 Å². The van der Waals surface area contributed by atoms with Gasteiger partial charge in [0.05, 0.1) is 23.4 Å². The molecule has 0 unspecified atom stereocenters. The Balaban J connectivity index is 2.06. The van der Waals surface area contributed by atoms with Gasteiger partial charge in [-0.3, -0.25) is 4.79 Å². The van der Waals surface area contributed by atoms with Crippen LogP contribution in [0.4, 0.5) is 10.1 Å². The van der Waals surface area contributed by atoms with E-state index in [0.29, 0.717) is 16.5 Å². The first-order valence-electron chi connectivity index (χ1n) is 7.35. The van der Waals surface area contributed by atoms with Crippen molar-refractivity contribution in [2.24, 2.45) is 0 Å². The van der Waals surface area contributed by atoms with Crippen molar-refractivity contribution in [1.82, 2.24) is 0 Å². The van der Waals surface area contributed by atoms with E-state index >= 15 is 0 Å². The Morgan fingerprint density at radius 2 is 1.88 bits per heavy atom. The van der Waals surface area contributed by atoms with E-state index in [1.807, 2.05) is 0 Å². The topological polar surface area (TPSA) is 72.5 Å². The molecule has 25 heavy (non-hydrogen) atoms. The van der Waals surface area contributed by atoms with Gasteiger partial charge in [0.15, 0.2) is 9.84 Å². The minimum Gasteiger partial charge on any atom is -0.495 e. The molecule has 1 amide bonds. The van der Waals surface area contributed by atoms with Gasteiger partial charge >= 0.3 is 0 Å². The number of hydrogen-bond donors (Lipinski definition) is 1. The summed E-state index contributed by atoms with van der Waals surface area (Å²) in [5, 5.41) is 3.11. The van der Waals surface area contributed by atoms with Crippen molar-refractivity contribution in [1.29, 1.82) is 0 Å². The van der Waals surface area contributed by atoms with E-state index in [1.54, 1.807) is 19.1 Å². The smallest absolute Gasteiger partial charge is 0.225 e. The van der Waals surface area contributed by atoms with Crippen molar-refractivity contribution >= 4 is 33.0 Å². The number of nitrogens with one attached hydrogen (secondary N) is 1. The lowest BCUT2D eigenvalue weighted by Crippen LogP contribution is -2.18. The molecule has 0 saturated carbocycles. The molecule has 0 bridgehead atoms. The fourth-order valence-corrected chi connectivity index (χ4v) is 3.52. The molecule has 0 heterocycles. The lowest BCUT2D eigenvalue weighted by atomic mass is 10.2. The van der Waals surface area contributed by atoms with Gasteiger partial charge in [-0.1, -0.05) is 11.6 Å². The number of benzene rings is 2. The number of sulfone groups is 1. The Morgan fingerprint density at radius 1 is 1.24 bits per heavy atom. The van der Waals surface area contributed by atoms with Crippen LogP contribution in [0.3, 0.4) is 0 Å². The number of aryl methyl sites for hydroxylation is 1. The van der Waals surface area contributed by atoms with Crippen LogP contribution in [0.5, 0.6) is 5.75 Å². The van der Waals surface area contributed by atoms with Gasteiger partial charge in [0.25, 0.3) is 0 Å². The van der Waals surface area contributed by atoms with Crippen molar-refractivity contribution in [2.75, 3.05) is 18.2 Å². The molecule has 0 spiro atoms. The fraction of sp³-hybridized carbons (Fsp3) is 0.235. The minimum absolute atomic E-state index is 0.0263. The van der Waals surface area contributed by atoms with Gasteiger partial charge in [-0.2, -0.15) is 0 Å². The number of amides is 1. The van der Waals surface area contributed by atoms with Crippen LogP contribution >= 0.6 is 11.6 Å². The highest BCUT2D eigenvalue weighted by molar-refractivity contribution is 7.91. The number of ether oxygens (including phenoxy) is 1. The van der Waals surface area contributed by atoms with E-state index in [-0.39, 0.29) is 17.1 Å². The van der Waals surface area contributed by atoms with Crippen LogP contribution in [0.25, 0.3) is 0 Å². The van der Waals surface area contributed by atoms with Crippen LogP contribution in [0, 0.1) is 12.7 Å². The van der Waals surface area contributed by atoms with Crippen molar-refractivity contribution in [3.8, 4) is 5.75 Å². The maximum atomic E-state index is 12.9. The molecule has 0 saturated heterocycles. The molecule has 0 radical (unpaired) electrons. The average molecular weight is 386 g/mol. The summed E-state index contributed by atoms with van der Waals surface area (Å²) < 4.78 is 42.4. The van der Waals surface area contributed by atoms with Crippen LogP contribution in [-0.4, -0.2) is 27.2 Å². The van der Waals surface area contributed by atoms with Gasteiger partial charge in [-0.25, -0.2) is 12.8 Å². The van der Waals surface area contributed by atoms with Gasteiger partial charge in [0.2, 0.25) is 5.91 Å². The molecule has 0 aliphatic rings. The van der Waals surface area contributed by atoms with E-state index in [4.69, 9.17) is 16.3 Å². The van der Waals surface area contributed by atoms with E-state index in [1.165, 1.54) is 19.2 Å². The van der Waals surface area contributed by atoms with Crippen LogP contribution in [0.2, 0.25) is 5.02 Å². The van der Waals surface area contributed by atoms with Gasteiger partial charge in [0.1, 0.15) is 11.6 Å². The molecular formula is C17H17ClFNO4S. The number of anilines is 1. The Hall–Kier alpha value is -2.12. The molecule has 0 fully saturated rings. The quantitative estimate of drug-likeness (QED) is 0.771. The summed E-state index contributed by atoms with van der Waals surface area (Å²) in [6.07, 6.45) is -0.245. The molecule has 1 N–H and O–H groups in total. The predicted molar refractivity (Wildman–Crippen MR) is 94.4 cm³/mol. The molecule has 2 aromatic carbocycles. The largest absolute Gasteiger partial charge is 0.495 e. The van der Waals surface area contributed by atoms with Gasteiger partial charge in [-0.15, -0.1) is 0 Å². The summed E-state index contributed by atoms with van der Waals surface area (Å²) >= 11 is 6.00. The van der Waals surface area contributed by atoms with Crippen molar-refractivity contribution in [3.63, 3.8) is 0 Å². The number of carbonyl (C=O) groups is 1. The summed E-state index contributed by atoms with van der Waals surface area (Å²) in [5.41, 5.74) is 1.16. The lowest BCUT2D eigenvalue weighted by molar-refractivity contribution is -0.115. The average Bonchev–Trinajstić information content (AvgIpc) is 2.56. The van der Waals surface area contributed by atoms with E-state index < -0.39 is 21.6 Å². The summed E-state index contributed by atoms with van der Waals surface area (Å²) in [5.74, 6) is -1.02. The highest BCUT2D eigenvalue weighted by atomic mass is 35.5. The fourth-order valence-electron chi connectivity index (χ4n) is 2.13. The van der Waals surface area contributed by atoms with E-state index in [9.17, 15) is 17.6 Å². The molecule has 2 aromatic rings. The zero-order valence-electron chi connectivity index (χ0n) is 13.7. The molecule has 0 aliphatic carbocycles. The summed E-state index contributed by atoms with van der Waals surface area (Å²) in [4.78, 5) is 12.1. The van der Waals surface area contributed by atoms with E-state index in [2.05, 4.69) is 5.32 Å². The second-order valence-electron chi connectivity index (χ2n) is 5.37. The SMILES string of the molecule is COc1cc(Cl)c(C)cc1NC(=O)CCS(=O)(=O)c1ccc(F)cc1. The van der Waals surface area contributed by atoms with Gasteiger partial charge in [0, 0.05) is 17.5 Å². The van der Waals surface area contributed by atoms with Crippen molar-refractivity contribution in [2.45, 2.75) is 18.2 Å². The van der Waals surface area contributed by atoms with Crippen LogP contribution in [0.15, 0.2) is 41.3 Å². The Kier molecular flexibility index (Phi) is 6.02. The summed E-state index contributed by atoms with van der Waals surface area (Å²) in [6, 6.07) is 7.69. The molecule has 0 aromatic heterocycles. The van der Waals surface area contributed by atoms with E-state index in [0.717, 1.165) is 17.7 Å². The van der Waals surface area contributed by atoms with Gasteiger partial charge in [-0.05, 0) is 42.8 Å². The molecule has 8 heteroatoms. The molecule has 0 aliphatic heterocycles. The number of methoxy groups -OCH3 is 1. The predicted octanol–water partition coefficient (Wildman–Crippen LogP) is 3.60. The zero-order valence-corrected chi connectivity index (χ0v) is 15.2. The number of carbonyl (C=O) groups excluding carboxylic acids is 1. The van der Waals surface area contributed by atoms with Crippen LogP contribution in [0.1, 0.15) is 12.0 Å². The third kappa shape index (κ3) is 4.93. The maximum Gasteiger partial charge on any atom is 0.225 e. The summed E-state index contributed by atoms with van der Waals surface area (Å²) in [7, 11) is -2.23. The monoisotopic (exact) mass is 385 g/mol. The Bertz CT molecular complexity index is 882. The van der Waals surface area contributed by atoms with Crippen molar-refractivity contribution in [3.05, 3.63) is 52.8 Å². The molecule has 134 valence electrons. The normalized spacial score (nSPS) is 11.2. The molecule has 2 rings (SSSR count). The number of hydrogen-bond acceptors (Lipinski definition) is 4. The third-order valence-corrected chi connectivity index (χ3v) is 5.66. The molecule has 5 nitrogen and oxygen atoms in total. The molecular weight excluding hydrogens is 369 g/mol. The second-order valence-corrected chi connectivity index (χ2v) is 7.89. The van der Waals surface area contributed by atoms with Crippen LogP contribution < -0.4 is 10.1 Å².